The summed E-state index contributed by atoms with van der Waals surface area (Å²) in [5.74, 6) is 0.689. The van der Waals surface area contributed by atoms with Crippen molar-refractivity contribution in [2.24, 2.45) is 0 Å². The van der Waals surface area contributed by atoms with E-state index in [9.17, 15) is 0 Å². The molecule has 30 heavy (non-hydrogen) atoms. The number of aryl methyl sites for hydroxylation is 1. The van der Waals surface area contributed by atoms with E-state index >= 15 is 0 Å². The van der Waals surface area contributed by atoms with Crippen molar-refractivity contribution in [1.82, 2.24) is 4.98 Å². The minimum absolute atomic E-state index is 0.689. The minimum atomic E-state index is 0.689. The van der Waals surface area contributed by atoms with E-state index in [1.807, 2.05) is 17.5 Å². The number of anilines is 3. The fraction of sp³-hybridized carbons (Fsp3) is 0.269. The molecular formula is C26H25N3S. The van der Waals surface area contributed by atoms with Crippen molar-refractivity contribution in [2.75, 3.05) is 10.4 Å². The lowest BCUT2D eigenvalue weighted by Crippen LogP contribution is -2.21. The van der Waals surface area contributed by atoms with Crippen LogP contribution in [0.5, 0.6) is 0 Å². The number of nitrogens with one attached hydrogen (secondary N) is 1. The average molecular weight is 412 g/mol. The quantitative estimate of drug-likeness (QED) is 0.381. The van der Waals surface area contributed by atoms with Gasteiger partial charge in [0.05, 0.1) is 22.4 Å². The summed E-state index contributed by atoms with van der Waals surface area (Å²) >= 11 is 1.89. The molecule has 0 spiro atoms. The maximum atomic E-state index is 4.70. The first kappa shape index (κ1) is 18.0. The number of rotatable bonds is 4. The van der Waals surface area contributed by atoms with Crippen molar-refractivity contribution < 1.29 is 0 Å². The maximum Gasteiger partial charge on any atom is 0.127 e. The molecule has 4 aromatic rings. The second-order valence-electron chi connectivity index (χ2n) is 8.56. The van der Waals surface area contributed by atoms with Crippen LogP contribution in [0.25, 0.3) is 10.2 Å². The largest absolute Gasteiger partial charge is 0.292 e. The summed E-state index contributed by atoms with van der Waals surface area (Å²) in [6.07, 6.45) is 8.24. The van der Waals surface area contributed by atoms with Crippen LogP contribution in [-0.2, 0) is 6.42 Å². The smallest absolute Gasteiger partial charge is 0.127 e. The zero-order valence-corrected chi connectivity index (χ0v) is 18.0. The summed E-state index contributed by atoms with van der Waals surface area (Å²) in [6, 6.07) is 19.7. The molecule has 0 bridgehead atoms. The minimum Gasteiger partial charge on any atom is -0.292 e. The number of aromatic nitrogens is 1. The van der Waals surface area contributed by atoms with E-state index in [4.69, 9.17) is 4.98 Å². The van der Waals surface area contributed by atoms with Gasteiger partial charge < -0.3 is 0 Å². The molecule has 0 atom stereocenters. The van der Waals surface area contributed by atoms with E-state index < -0.39 is 0 Å². The number of hydrazine groups is 1. The number of thiophene rings is 1. The van der Waals surface area contributed by atoms with E-state index in [0.717, 1.165) is 11.3 Å². The number of hydrogen-bond acceptors (Lipinski definition) is 4. The van der Waals surface area contributed by atoms with Gasteiger partial charge in [0.15, 0.2) is 0 Å². The normalized spacial score (nSPS) is 15.8. The summed E-state index contributed by atoms with van der Waals surface area (Å²) in [7, 11) is 0. The van der Waals surface area contributed by atoms with Gasteiger partial charge in [-0.3, -0.25) is 10.4 Å². The summed E-state index contributed by atoms with van der Waals surface area (Å²) in [5.41, 5.74) is 11.5. The molecule has 4 heteroatoms. The number of benzene rings is 2. The fourth-order valence-electron chi connectivity index (χ4n) is 5.07. The molecule has 0 amide bonds. The van der Waals surface area contributed by atoms with Gasteiger partial charge in [-0.25, -0.2) is 4.98 Å². The van der Waals surface area contributed by atoms with E-state index in [2.05, 4.69) is 72.0 Å². The van der Waals surface area contributed by atoms with Gasteiger partial charge >= 0.3 is 0 Å². The first-order chi connectivity index (χ1) is 14.8. The first-order valence-corrected chi connectivity index (χ1v) is 11.7. The van der Waals surface area contributed by atoms with Crippen LogP contribution in [0.1, 0.15) is 53.2 Å². The van der Waals surface area contributed by atoms with Crippen LogP contribution < -0.4 is 10.4 Å². The monoisotopic (exact) mass is 411 g/mol. The van der Waals surface area contributed by atoms with Gasteiger partial charge in [-0.1, -0.05) is 55.3 Å². The van der Waals surface area contributed by atoms with Crippen LogP contribution in [0.4, 0.5) is 17.1 Å². The maximum absolute atomic E-state index is 4.70. The van der Waals surface area contributed by atoms with Crippen molar-refractivity contribution in [1.29, 1.82) is 0 Å². The highest BCUT2D eigenvalue weighted by molar-refractivity contribution is 7.19. The lowest BCUT2D eigenvalue weighted by atomic mass is 10.0. The molecule has 3 heterocycles. The van der Waals surface area contributed by atoms with Gasteiger partial charge in [-0.2, -0.15) is 0 Å². The second kappa shape index (κ2) is 7.13. The number of pyridine rings is 1. The molecule has 0 radical (unpaired) electrons. The van der Waals surface area contributed by atoms with Gasteiger partial charge in [-0.05, 0) is 60.9 Å². The topological polar surface area (TPSA) is 28.2 Å². The Labute approximate surface area is 181 Å². The van der Waals surface area contributed by atoms with Crippen LogP contribution in [0.2, 0.25) is 0 Å². The Hall–Kier alpha value is -2.85. The van der Waals surface area contributed by atoms with E-state index in [-0.39, 0.29) is 0 Å². The summed E-state index contributed by atoms with van der Waals surface area (Å²) in [5, 5.41) is 3.57. The Morgan fingerprint density at radius 1 is 1.00 bits per heavy atom. The molecule has 1 N–H and O–H groups in total. The third-order valence-corrected chi connectivity index (χ3v) is 7.80. The molecule has 2 aromatic carbocycles. The van der Waals surface area contributed by atoms with Crippen LogP contribution in [-0.4, -0.2) is 4.98 Å². The molecule has 2 aliphatic rings. The van der Waals surface area contributed by atoms with Crippen LogP contribution in [0, 0.1) is 6.92 Å². The lowest BCUT2D eigenvalue weighted by molar-refractivity contribution is 0.739. The highest BCUT2D eigenvalue weighted by atomic mass is 32.1. The molecule has 150 valence electrons. The zero-order chi connectivity index (χ0) is 20.1. The molecule has 3 nitrogen and oxygen atoms in total. The highest BCUT2D eigenvalue weighted by Crippen LogP contribution is 2.52. The highest BCUT2D eigenvalue weighted by Gasteiger charge is 2.32. The van der Waals surface area contributed by atoms with Crippen molar-refractivity contribution in [3.63, 3.8) is 0 Å². The van der Waals surface area contributed by atoms with Gasteiger partial charge in [0.1, 0.15) is 4.83 Å². The van der Waals surface area contributed by atoms with Crippen LogP contribution in [0.3, 0.4) is 0 Å². The van der Waals surface area contributed by atoms with Crippen molar-refractivity contribution in [3.8, 4) is 0 Å². The third-order valence-electron chi connectivity index (χ3n) is 6.54. The molecule has 0 saturated heterocycles. The molecule has 2 aromatic heterocycles. The predicted octanol–water partition coefficient (Wildman–Crippen LogP) is 7.33. The Morgan fingerprint density at radius 2 is 1.83 bits per heavy atom. The Bertz CT molecular complexity index is 1220. The van der Waals surface area contributed by atoms with Gasteiger partial charge in [-0.15, -0.1) is 11.3 Å². The average Bonchev–Trinajstić information content (AvgIpc) is 3.49. The molecule has 1 fully saturated rings. The molecular weight excluding hydrogens is 386 g/mol. The van der Waals surface area contributed by atoms with Gasteiger partial charge in [0.25, 0.3) is 0 Å². The van der Waals surface area contributed by atoms with Crippen molar-refractivity contribution in [3.05, 3.63) is 82.4 Å². The van der Waals surface area contributed by atoms with Crippen molar-refractivity contribution >= 4 is 38.6 Å². The Balaban J connectivity index is 1.36. The summed E-state index contributed by atoms with van der Waals surface area (Å²) in [6.45, 7) is 2.22. The molecule has 6 rings (SSSR count). The molecule has 0 unspecified atom stereocenters. The van der Waals surface area contributed by atoms with E-state index in [1.165, 1.54) is 69.7 Å². The standard InChI is InChI=1S/C26H25N3S/c1-17-15-19(16-18-7-3-2-4-8-18)11-12-21(17)29-22-13-14-27-26-23(22)24(28-29)25(30-26)20-9-5-6-10-20/h2-4,7-8,11-15,20,28H,5-6,9-10,16H2,1H3. The summed E-state index contributed by atoms with van der Waals surface area (Å²) in [4.78, 5) is 7.37. The zero-order valence-electron chi connectivity index (χ0n) is 17.2. The molecule has 1 aliphatic carbocycles. The Kier molecular flexibility index (Phi) is 4.27. The molecule has 1 saturated carbocycles. The third kappa shape index (κ3) is 2.90. The number of hydrogen-bond donors (Lipinski definition) is 1. The Morgan fingerprint density at radius 3 is 2.63 bits per heavy atom. The predicted molar refractivity (Wildman–Crippen MR) is 127 cm³/mol. The van der Waals surface area contributed by atoms with Crippen molar-refractivity contribution in [2.45, 2.75) is 44.9 Å². The van der Waals surface area contributed by atoms with Gasteiger partial charge in [0.2, 0.25) is 0 Å². The van der Waals surface area contributed by atoms with E-state index in [1.54, 1.807) is 0 Å². The first-order valence-electron chi connectivity index (χ1n) is 10.9. The van der Waals surface area contributed by atoms with Gasteiger partial charge in [0, 0.05) is 11.1 Å². The SMILES string of the molecule is Cc1cc(Cc2ccccc2)ccc1N1Nc2c(C3CCCC3)sc3nccc1c23. The number of nitrogens with zero attached hydrogens (tertiary/aromatic N) is 2. The van der Waals surface area contributed by atoms with Crippen LogP contribution >= 0.6 is 11.3 Å². The lowest BCUT2D eigenvalue weighted by Gasteiger charge is -2.24. The van der Waals surface area contributed by atoms with Crippen LogP contribution in [0.15, 0.2) is 60.8 Å². The second-order valence-corrected chi connectivity index (χ2v) is 9.59. The summed E-state index contributed by atoms with van der Waals surface area (Å²) < 4.78 is 0. The fourth-order valence-corrected chi connectivity index (χ4v) is 6.35. The molecule has 1 aliphatic heterocycles. The van der Waals surface area contributed by atoms with E-state index in [0.29, 0.717) is 5.92 Å².